The molecule has 2 aromatic rings. The maximum atomic E-state index is 13.5. The van der Waals surface area contributed by atoms with E-state index in [1.807, 2.05) is 0 Å². The Balaban J connectivity index is 2.63. The second-order valence-electron chi connectivity index (χ2n) is 2.64. The van der Waals surface area contributed by atoms with Crippen LogP contribution < -0.4 is 0 Å². The van der Waals surface area contributed by atoms with Crippen molar-refractivity contribution in [3.63, 3.8) is 0 Å². The molecule has 0 N–H and O–H groups in total. The normalized spacial score (nSPS) is 10.5. The third-order valence-electron chi connectivity index (χ3n) is 1.76. The summed E-state index contributed by atoms with van der Waals surface area (Å²) in [6.45, 7) is 0. The van der Waals surface area contributed by atoms with E-state index in [0.29, 0.717) is 5.15 Å². The molecular weight excluding hydrogens is 226 g/mol. The lowest BCUT2D eigenvalue weighted by molar-refractivity contribution is 0.611. The summed E-state index contributed by atoms with van der Waals surface area (Å²) in [5.41, 5.74) is 0.243. The Labute approximate surface area is 89.9 Å². The molecule has 0 spiro atoms. The average molecular weight is 231 g/mol. The van der Waals surface area contributed by atoms with Gasteiger partial charge < -0.3 is 0 Å². The van der Waals surface area contributed by atoms with Crippen molar-refractivity contribution in [3.05, 3.63) is 46.5 Å². The summed E-state index contributed by atoms with van der Waals surface area (Å²) in [5, 5.41) is 4.26. The van der Waals surface area contributed by atoms with Gasteiger partial charge in [0.2, 0.25) is 0 Å². The lowest BCUT2D eigenvalue weighted by Crippen LogP contribution is -1.99. The summed E-state index contributed by atoms with van der Waals surface area (Å²) in [5.74, 6) is -0.528. The fourth-order valence-electron chi connectivity index (χ4n) is 1.12. The van der Waals surface area contributed by atoms with Gasteiger partial charge in [0, 0.05) is 0 Å². The third kappa shape index (κ3) is 1.49. The number of hydrogen-bond acceptors (Lipinski definition) is 1. The maximum absolute atomic E-state index is 13.5. The van der Waals surface area contributed by atoms with E-state index < -0.39 is 5.82 Å². The van der Waals surface area contributed by atoms with Gasteiger partial charge in [-0.2, -0.15) is 5.10 Å². The molecule has 0 unspecified atom stereocenters. The van der Waals surface area contributed by atoms with E-state index in [4.69, 9.17) is 23.2 Å². The lowest BCUT2D eigenvalue weighted by Gasteiger charge is -2.04. The molecular formula is C9H5Cl2FN2. The molecule has 0 saturated carbocycles. The Morgan fingerprint density at radius 3 is 2.64 bits per heavy atom. The molecule has 0 amide bonds. The van der Waals surface area contributed by atoms with Crippen molar-refractivity contribution in [1.82, 2.24) is 9.78 Å². The second kappa shape index (κ2) is 3.59. The Bertz CT molecular complexity index is 468. The van der Waals surface area contributed by atoms with Gasteiger partial charge in [-0.05, 0) is 18.2 Å². The monoisotopic (exact) mass is 230 g/mol. The zero-order valence-corrected chi connectivity index (χ0v) is 8.43. The maximum Gasteiger partial charge on any atom is 0.167 e. The predicted molar refractivity (Wildman–Crippen MR) is 53.5 cm³/mol. The average Bonchev–Trinajstić information content (AvgIpc) is 2.57. The summed E-state index contributed by atoms with van der Waals surface area (Å²) in [6, 6.07) is 6.23. The van der Waals surface area contributed by atoms with Crippen LogP contribution in [0.1, 0.15) is 0 Å². The van der Waals surface area contributed by atoms with Gasteiger partial charge in [-0.3, -0.25) is 0 Å². The van der Waals surface area contributed by atoms with Crippen molar-refractivity contribution < 1.29 is 4.39 Å². The van der Waals surface area contributed by atoms with Crippen LogP contribution in [0.25, 0.3) is 5.69 Å². The standard InChI is InChI=1S/C9H5Cl2FN2/c10-6-2-1-3-7(9(6)12)14-8(11)4-5-13-14/h1-5H. The molecule has 5 heteroatoms. The van der Waals surface area contributed by atoms with Gasteiger partial charge in [0.15, 0.2) is 5.82 Å². The molecule has 1 heterocycles. The van der Waals surface area contributed by atoms with Crippen molar-refractivity contribution in [1.29, 1.82) is 0 Å². The first-order valence-electron chi connectivity index (χ1n) is 3.84. The zero-order chi connectivity index (χ0) is 10.1. The zero-order valence-electron chi connectivity index (χ0n) is 6.92. The van der Waals surface area contributed by atoms with Crippen LogP contribution in [0.4, 0.5) is 4.39 Å². The van der Waals surface area contributed by atoms with Crippen molar-refractivity contribution in [2.45, 2.75) is 0 Å². The minimum atomic E-state index is -0.528. The van der Waals surface area contributed by atoms with E-state index in [2.05, 4.69) is 5.10 Å². The first-order chi connectivity index (χ1) is 6.70. The number of aromatic nitrogens is 2. The lowest BCUT2D eigenvalue weighted by atomic mass is 10.3. The first-order valence-corrected chi connectivity index (χ1v) is 4.59. The molecule has 72 valence electrons. The Kier molecular flexibility index (Phi) is 2.44. The highest BCUT2D eigenvalue weighted by Gasteiger charge is 2.10. The van der Waals surface area contributed by atoms with Gasteiger partial charge in [0.05, 0.1) is 11.2 Å². The predicted octanol–water partition coefficient (Wildman–Crippen LogP) is 3.32. The van der Waals surface area contributed by atoms with E-state index in [1.165, 1.54) is 16.9 Å². The van der Waals surface area contributed by atoms with Crippen molar-refractivity contribution in [2.24, 2.45) is 0 Å². The minimum Gasteiger partial charge on any atom is -0.219 e. The van der Waals surface area contributed by atoms with Crippen LogP contribution in [0.5, 0.6) is 0 Å². The number of hydrogen-bond donors (Lipinski definition) is 0. The van der Waals surface area contributed by atoms with Gasteiger partial charge in [-0.1, -0.05) is 29.3 Å². The van der Waals surface area contributed by atoms with E-state index >= 15 is 0 Å². The minimum absolute atomic E-state index is 0.0501. The van der Waals surface area contributed by atoms with Gasteiger partial charge in [-0.15, -0.1) is 0 Å². The molecule has 0 aliphatic heterocycles. The quantitative estimate of drug-likeness (QED) is 0.736. The van der Waals surface area contributed by atoms with Crippen LogP contribution in [-0.4, -0.2) is 9.78 Å². The molecule has 0 saturated heterocycles. The van der Waals surface area contributed by atoms with Gasteiger partial charge in [0.1, 0.15) is 10.8 Å². The number of halogens is 3. The number of benzene rings is 1. The molecule has 14 heavy (non-hydrogen) atoms. The smallest absolute Gasteiger partial charge is 0.167 e. The Morgan fingerprint density at radius 1 is 1.21 bits per heavy atom. The summed E-state index contributed by atoms with van der Waals surface area (Å²) in [7, 11) is 0. The molecule has 1 aromatic heterocycles. The van der Waals surface area contributed by atoms with Crippen LogP contribution >= 0.6 is 23.2 Å². The van der Waals surface area contributed by atoms with Crippen LogP contribution in [0.15, 0.2) is 30.5 Å². The van der Waals surface area contributed by atoms with E-state index in [1.54, 1.807) is 18.2 Å². The Hall–Kier alpha value is -1.06. The number of nitrogens with zero attached hydrogens (tertiary/aromatic N) is 2. The van der Waals surface area contributed by atoms with E-state index in [9.17, 15) is 4.39 Å². The first kappa shape index (κ1) is 9.49. The summed E-state index contributed by atoms with van der Waals surface area (Å²) >= 11 is 11.4. The molecule has 0 aliphatic rings. The molecule has 0 fully saturated rings. The fourth-order valence-corrected chi connectivity index (χ4v) is 1.48. The summed E-state index contributed by atoms with van der Waals surface area (Å²) < 4.78 is 14.8. The highest BCUT2D eigenvalue weighted by Crippen LogP contribution is 2.23. The van der Waals surface area contributed by atoms with Gasteiger partial charge in [-0.25, -0.2) is 9.07 Å². The highest BCUT2D eigenvalue weighted by molar-refractivity contribution is 6.31. The molecule has 1 aromatic carbocycles. The van der Waals surface area contributed by atoms with Crippen LogP contribution in [0, 0.1) is 5.82 Å². The van der Waals surface area contributed by atoms with Crippen LogP contribution in [0.3, 0.4) is 0 Å². The summed E-state index contributed by atoms with van der Waals surface area (Å²) in [4.78, 5) is 0. The highest BCUT2D eigenvalue weighted by atomic mass is 35.5. The largest absolute Gasteiger partial charge is 0.219 e. The Morgan fingerprint density at radius 2 is 2.00 bits per heavy atom. The molecule has 0 bridgehead atoms. The topological polar surface area (TPSA) is 17.8 Å². The van der Waals surface area contributed by atoms with Crippen LogP contribution in [-0.2, 0) is 0 Å². The van der Waals surface area contributed by atoms with Crippen molar-refractivity contribution in [3.8, 4) is 5.69 Å². The SMILES string of the molecule is Fc1c(Cl)cccc1-n1nccc1Cl. The molecule has 2 nitrogen and oxygen atoms in total. The molecule has 0 atom stereocenters. The van der Waals surface area contributed by atoms with E-state index in [-0.39, 0.29) is 10.7 Å². The molecule has 0 aliphatic carbocycles. The second-order valence-corrected chi connectivity index (χ2v) is 3.43. The molecule has 2 rings (SSSR count). The van der Waals surface area contributed by atoms with Crippen molar-refractivity contribution >= 4 is 23.2 Å². The third-order valence-corrected chi connectivity index (χ3v) is 2.33. The fraction of sp³-hybridized carbons (Fsp3) is 0. The summed E-state index contributed by atoms with van der Waals surface area (Å²) in [6.07, 6.45) is 1.49. The van der Waals surface area contributed by atoms with Gasteiger partial charge in [0.25, 0.3) is 0 Å². The number of rotatable bonds is 1. The molecule has 0 radical (unpaired) electrons. The van der Waals surface area contributed by atoms with E-state index in [0.717, 1.165) is 0 Å². The van der Waals surface area contributed by atoms with Gasteiger partial charge >= 0.3 is 0 Å². The van der Waals surface area contributed by atoms with Crippen molar-refractivity contribution in [2.75, 3.05) is 0 Å². The van der Waals surface area contributed by atoms with Crippen LogP contribution in [0.2, 0.25) is 10.2 Å².